The minimum Gasteiger partial charge on any atom is -0.271 e. The van der Waals surface area contributed by atoms with Crippen molar-refractivity contribution in [2.45, 2.75) is 12.5 Å². The topological polar surface area (TPSA) is 38.0 Å². The summed E-state index contributed by atoms with van der Waals surface area (Å²) >= 11 is 0. The van der Waals surface area contributed by atoms with Gasteiger partial charge in [0.05, 0.1) is 0 Å². The molecule has 1 aromatic carbocycles. The Morgan fingerprint density at radius 2 is 2.08 bits per heavy atom. The van der Waals surface area contributed by atoms with Crippen molar-refractivity contribution in [3.63, 3.8) is 0 Å². The van der Waals surface area contributed by atoms with Crippen LogP contribution in [0.25, 0.3) is 0 Å². The van der Waals surface area contributed by atoms with Crippen LogP contribution in [0.1, 0.15) is 18.0 Å². The molecular formula is C10H13FN2. The molecule has 0 amide bonds. The summed E-state index contributed by atoms with van der Waals surface area (Å²) < 4.78 is 12.6. The first-order valence-corrected chi connectivity index (χ1v) is 4.10. The fourth-order valence-corrected chi connectivity index (χ4v) is 1.16. The summed E-state index contributed by atoms with van der Waals surface area (Å²) in [6.07, 6.45) is 2.50. The lowest BCUT2D eigenvalue weighted by Gasteiger charge is -2.13. The zero-order valence-corrected chi connectivity index (χ0v) is 7.33. The Hall–Kier alpha value is -1.19. The standard InChI is InChI=1S/C10H13FN2/c1-2-3-10(13-12)8-4-6-9(11)7-5-8/h2,4-7,10,13H,1,3,12H2. The van der Waals surface area contributed by atoms with E-state index in [2.05, 4.69) is 12.0 Å². The van der Waals surface area contributed by atoms with E-state index in [1.54, 1.807) is 18.2 Å². The predicted octanol–water partition coefficient (Wildman–Crippen LogP) is 1.91. The highest BCUT2D eigenvalue weighted by atomic mass is 19.1. The van der Waals surface area contributed by atoms with Gasteiger partial charge in [-0.3, -0.25) is 11.3 Å². The maximum Gasteiger partial charge on any atom is 0.123 e. The van der Waals surface area contributed by atoms with Crippen molar-refractivity contribution in [1.82, 2.24) is 5.43 Å². The normalized spacial score (nSPS) is 12.5. The number of rotatable bonds is 4. The molecule has 3 heteroatoms. The molecule has 1 aromatic rings. The second-order valence-electron chi connectivity index (χ2n) is 2.80. The van der Waals surface area contributed by atoms with Crippen molar-refractivity contribution in [2.24, 2.45) is 5.84 Å². The first-order valence-electron chi connectivity index (χ1n) is 4.10. The number of halogens is 1. The van der Waals surface area contributed by atoms with Crippen molar-refractivity contribution in [3.05, 3.63) is 48.3 Å². The molecule has 0 spiro atoms. The molecule has 0 bridgehead atoms. The highest BCUT2D eigenvalue weighted by Gasteiger charge is 2.06. The van der Waals surface area contributed by atoms with Crippen LogP contribution in [0.15, 0.2) is 36.9 Å². The summed E-state index contributed by atoms with van der Waals surface area (Å²) in [7, 11) is 0. The molecule has 0 aromatic heterocycles. The third-order valence-electron chi connectivity index (χ3n) is 1.88. The van der Waals surface area contributed by atoms with Gasteiger partial charge >= 0.3 is 0 Å². The van der Waals surface area contributed by atoms with Gasteiger partial charge in [-0.15, -0.1) is 6.58 Å². The van der Waals surface area contributed by atoms with E-state index in [1.165, 1.54) is 12.1 Å². The molecule has 1 unspecified atom stereocenters. The zero-order valence-electron chi connectivity index (χ0n) is 7.33. The Labute approximate surface area is 77.2 Å². The van der Waals surface area contributed by atoms with Crippen LogP contribution >= 0.6 is 0 Å². The third kappa shape index (κ3) is 2.65. The molecule has 70 valence electrons. The third-order valence-corrected chi connectivity index (χ3v) is 1.88. The first-order chi connectivity index (χ1) is 6.27. The average molecular weight is 180 g/mol. The van der Waals surface area contributed by atoms with Gasteiger partial charge < -0.3 is 0 Å². The fourth-order valence-electron chi connectivity index (χ4n) is 1.16. The number of nitrogens with one attached hydrogen (secondary N) is 1. The van der Waals surface area contributed by atoms with Crippen molar-refractivity contribution in [3.8, 4) is 0 Å². The minimum absolute atomic E-state index is 0.0121. The SMILES string of the molecule is C=CCC(NN)c1ccc(F)cc1. The molecular weight excluding hydrogens is 167 g/mol. The molecule has 0 aliphatic rings. The number of benzene rings is 1. The Balaban J connectivity index is 2.78. The Morgan fingerprint density at radius 3 is 2.54 bits per heavy atom. The van der Waals surface area contributed by atoms with Crippen molar-refractivity contribution >= 4 is 0 Å². The van der Waals surface area contributed by atoms with Crippen LogP contribution < -0.4 is 11.3 Å². The second kappa shape index (κ2) is 4.74. The number of hydrogen-bond acceptors (Lipinski definition) is 2. The molecule has 13 heavy (non-hydrogen) atoms. The van der Waals surface area contributed by atoms with Crippen LogP contribution in [0.4, 0.5) is 4.39 Å². The number of hydrazine groups is 1. The van der Waals surface area contributed by atoms with Gasteiger partial charge in [-0.05, 0) is 24.1 Å². The lowest BCUT2D eigenvalue weighted by atomic mass is 10.0. The van der Waals surface area contributed by atoms with E-state index in [9.17, 15) is 4.39 Å². The van der Waals surface area contributed by atoms with Crippen molar-refractivity contribution in [2.75, 3.05) is 0 Å². The highest BCUT2D eigenvalue weighted by molar-refractivity contribution is 5.20. The van der Waals surface area contributed by atoms with Crippen LogP contribution in [0.2, 0.25) is 0 Å². The summed E-state index contributed by atoms with van der Waals surface area (Å²) in [4.78, 5) is 0. The van der Waals surface area contributed by atoms with E-state index in [0.717, 1.165) is 12.0 Å². The predicted molar refractivity (Wildman–Crippen MR) is 51.3 cm³/mol. The Morgan fingerprint density at radius 1 is 1.46 bits per heavy atom. The van der Waals surface area contributed by atoms with Gasteiger partial charge in [0.1, 0.15) is 5.82 Å². The van der Waals surface area contributed by atoms with E-state index in [0.29, 0.717) is 0 Å². The lowest BCUT2D eigenvalue weighted by molar-refractivity contribution is 0.558. The number of nitrogens with two attached hydrogens (primary N) is 1. The Bertz CT molecular complexity index is 269. The summed E-state index contributed by atoms with van der Waals surface area (Å²) in [5.74, 6) is 5.10. The Kier molecular flexibility index (Phi) is 3.61. The minimum atomic E-state index is -0.238. The highest BCUT2D eigenvalue weighted by Crippen LogP contribution is 2.16. The quantitative estimate of drug-likeness (QED) is 0.422. The van der Waals surface area contributed by atoms with Gasteiger partial charge in [0.25, 0.3) is 0 Å². The summed E-state index contributed by atoms with van der Waals surface area (Å²) in [6.45, 7) is 3.62. The lowest BCUT2D eigenvalue weighted by Crippen LogP contribution is -2.27. The summed E-state index contributed by atoms with van der Waals surface area (Å²) in [5.41, 5.74) is 3.61. The van der Waals surface area contributed by atoms with E-state index in [4.69, 9.17) is 5.84 Å². The van der Waals surface area contributed by atoms with Crippen LogP contribution in [0.5, 0.6) is 0 Å². The maximum atomic E-state index is 12.6. The van der Waals surface area contributed by atoms with Crippen LogP contribution in [-0.2, 0) is 0 Å². The van der Waals surface area contributed by atoms with Gasteiger partial charge in [-0.2, -0.15) is 0 Å². The summed E-state index contributed by atoms with van der Waals surface area (Å²) in [6, 6.07) is 6.27. The molecule has 0 saturated heterocycles. The smallest absolute Gasteiger partial charge is 0.123 e. The average Bonchev–Trinajstić information content (AvgIpc) is 2.16. The van der Waals surface area contributed by atoms with Crippen molar-refractivity contribution < 1.29 is 4.39 Å². The zero-order chi connectivity index (χ0) is 9.68. The van der Waals surface area contributed by atoms with E-state index in [1.807, 2.05) is 0 Å². The van der Waals surface area contributed by atoms with Crippen LogP contribution in [0.3, 0.4) is 0 Å². The molecule has 1 rings (SSSR count). The van der Waals surface area contributed by atoms with Gasteiger partial charge in [0.2, 0.25) is 0 Å². The maximum absolute atomic E-state index is 12.6. The molecule has 1 atom stereocenters. The van der Waals surface area contributed by atoms with Gasteiger partial charge in [-0.25, -0.2) is 4.39 Å². The molecule has 0 fully saturated rings. The monoisotopic (exact) mass is 180 g/mol. The molecule has 0 aliphatic carbocycles. The molecule has 0 radical (unpaired) electrons. The van der Waals surface area contributed by atoms with E-state index >= 15 is 0 Å². The summed E-state index contributed by atoms with van der Waals surface area (Å²) in [5, 5.41) is 0. The number of hydrogen-bond donors (Lipinski definition) is 2. The van der Waals surface area contributed by atoms with Gasteiger partial charge in [-0.1, -0.05) is 18.2 Å². The van der Waals surface area contributed by atoms with Crippen molar-refractivity contribution in [1.29, 1.82) is 0 Å². The van der Waals surface area contributed by atoms with Gasteiger partial charge in [0.15, 0.2) is 0 Å². The van der Waals surface area contributed by atoms with E-state index < -0.39 is 0 Å². The van der Waals surface area contributed by atoms with Crippen LogP contribution in [-0.4, -0.2) is 0 Å². The fraction of sp³-hybridized carbons (Fsp3) is 0.200. The molecule has 2 nitrogen and oxygen atoms in total. The van der Waals surface area contributed by atoms with E-state index in [-0.39, 0.29) is 11.9 Å². The van der Waals surface area contributed by atoms with Gasteiger partial charge in [0, 0.05) is 6.04 Å². The molecule has 0 aliphatic heterocycles. The second-order valence-corrected chi connectivity index (χ2v) is 2.80. The molecule has 0 saturated carbocycles. The molecule has 3 N–H and O–H groups in total. The molecule has 0 heterocycles. The first kappa shape index (κ1) is 9.89. The van der Waals surface area contributed by atoms with Crippen LogP contribution in [0, 0.1) is 5.82 Å². The largest absolute Gasteiger partial charge is 0.271 e.